The lowest BCUT2D eigenvalue weighted by Gasteiger charge is -2.24. The molecule has 0 bridgehead atoms. The second-order valence-corrected chi connectivity index (χ2v) is 6.11. The summed E-state index contributed by atoms with van der Waals surface area (Å²) in [5, 5.41) is 0.965. The van der Waals surface area contributed by atoms with Gasteiger partial charge in [-0.05, 0) is 39.0 Å². The first-order chi connectivity index (χ1) is 9.33. The molecular formula is C15H17FN2O2. The minimum atomic E-state index is -0.501. The number of amides is 1. The van der Waals surface area contributed by atoms with Crippen LogP contribution < -0.4 is 0 Å². The minimum Gasteiger partial charge on any atom is -0.444 e. The normalized spacial score (nSPS) is 14.7. The van der Waals surface area contributed by atoms with Crippen molar-refractivity contribution in [2.24, 2.45) is 0 Å². The number of nitrogens with zero attached hydrogens (tertiary/aromatic N) is 1. The molecule has 0 saturated carbocycles. The van der Waals surface area contributed by atoms with Crippen LogP contribution in [0.3, 0.4) is 0 Å². The number of nitrogens with one attached hydrogen (secondary N) is 1. The smallest absolute Gasteiger partial charge is 0.410 e. The lowest BCUT2D eigenvalue weighted by molar-refractivity contribution is 0.0241. The van der Waals surface area contributed by atoms with Crippen molar-refractivity contribution in [1.82, 2.24) is 9.88 Å². The average molecular weight is 276 g/mol. The molecule has 0 fully saturated rings. The highest BCUT2D eigenvalue weighted by Crippen LogP contribution is 2.31. The monoisotopic (exact) mass is 276 g/mol. The summed E-state index contributed by atoms with van der Waals surface area (Å²) in [6.07, 6.45) is -0.322. The Morgan fingerprint density at radius 1 is 1.35 bits per heavy atom. The first-order valence-electron chi connectivity index (χ1n) is 6.60. The number of ether oxygens (including phenoxy) is 1. The van der Waals surface area contributed by atoms with E-state index in [4.69, 9.17) is 4.74 Å². The van der Waals surface area contributed by atoms with Gasteiger partial charge in [0.1, 0.15) is 11.4 Å². The van der Waals surface area contributed by atoms with Crippen LogP contribution in [0.4, 0.5) is 9.18 Å². The molecule has 1 aromatic carbocycles. The van der Waals surface area contributed by atoms with Crippen molar-refractivity contribution < 1.29 is 13.9 Å². The Hall–Kier alpha value is -2.04. The summed E-state index contributed by atoms with van der Waals surface area (Å²) in [7, 11) is 0. The number of hydrogen-bond acceptors (Lipinski definition) is 2. The van der Waals surface area contributed by atoms with Crippen LogP contribution >= 0.6 is 0 Å². The van der Waals surface area contributed by atoms with Gasteiger partial charge in [0.05, 0.1) is 13.1 Å². The lowest BCUT2D eigenvalue weighted by atomic mass is 10.1. The number of carbonyl (C=O) groups is 1. The molecule has 106 valence electrons. The van der Waals surface area contributed by atoms with Crippen LogP contribution in [0.1, 0.15) is 32.0 Å². The van der Waals surface area contributed by atoms with E-state index in [0.29, 0.717) is 13.1 Å². The zero-order chi connectivity index (χ0) is 14.5. The Bertz CT molecular complexity index is 685. The standard InChI is InChI=1S/C15H17FN2O2/c1-15(2,3)20-14(19)18-7-11-10-5-4-9(16)6-12(10)17-13(11)8-18/h4-6,17H,7-8H2,1-3H3. The van der Waals surface area contributed by atoms with Crippen molar-refractivity contribution in [1.29, 1.82) is 0 Å². The number of benzene rings is 1. The highest BCUT2D eigenvalue weighted by molar-refractivity contribution is 5.86. The number of carbonyl (C=O) groups excluding carboxylic acids is 1. The van der Waals surface area contributed by atoms with Crippen LogP contribution in [0.15, 0.2) is 18.2 Å². The molecule has 5 heteroatoms. The number of aromatic amines is 1. The van der Waals surface area contributed by atoms with Crippen molar-refractivity contribution in [2.45, 2.75) is 39.5 Å². The predicted octanol–water partition coefficient (Wildman–Crippen LogP) is 3.56. The van der Waals surface area contributed by atoms with Crippen LogP contribution in [0.2, 0.25) is 0 Å². The molecule has 0 atom stereocenters. The second kappa shape index (κ2) is 4.23. The van der Waals surface area contributed by atoms with E-state index in [0.717, 1.165) is 22.2 Å². The number of H-pyrrole nitrogens is 1. The average Bonchev–Trinajstić information content (AvgIpc) is 2.82. The van der Waals surface area contributed by atoms with Gasteiger partial charge in [0.15, 0.2) is 0 Å². The van der Waals surface area contributed by atoms with E-state index in [-0.39, 0.29) is 11.9 Å². The van der Waals surface area contributed by atoms with E-state index in [1.165, 1.54) is 12.1 Å². The van der Waals surface area contributed by atoms with E-state index in [1.807, 2.05) is 20.8 Å². The fourth-order valence-electron chi connectivity index (χ4n) is 2.49. The summed E-state index contributed by atoms with van der Waals surface area (Å²) in [5.41, 5.74) is 2.28. The highest BCUT2D eigenvalue weighted by Gasteiger charge is 2.30. The van der Waals surface area contributed by atoms with E-state index in [9.17, 15) is 9.18 Å². The van der Waals surface area contributed by atoms with Gasteiger partial charge in [-0.1, -0.05) is 0 Å². The molecule has 1 aromatic heterocycles. The Labute approximate surface area is 116 Å². The van der Waals surface area contributed by atoms with Gasteiger partial charge in [-0.2, -0.15) is 0 Å². The molecule has 1 N–H and O–H groups in total. The van der Waals surface area contributed by atoms with Crippen LogP contribution in [0, 0.1) is 5.82 Å². The number of fused-ring (bicyclic) bond motifs is 3. The first kappa shape index (κ1) is 13.0. The third-order valence-electron chi connectivity index (χ3n) is 3.31. The van der Waals surface area contributed by atoms with Crippen LogP contribution in [0.25, 0.3) is 10.9 Å². The molecule has 0 unspecified atom stereocenters. The third kappa shape index (κ3) is 2.24. The number of rotatable bonds is 0. The van der Waals surface area contributed by atoms with E-state index < -0.39 is 5.60 Å². The van der Waals surface area contributed by atoms with E-state index in [1.54, 1.807) is 11.0 Å². The fraction of sp³-hybridized carbons (Fsp3) is 0.400. The Kier molecular flexibility index (Phi) is 2.74. The summed E-state index contributed by atoms with van der Waals surface area (Å²) in [6, 6.07) is 4.66. The maximum absolute atomic E-state index is 13.2. The first-order valence-corrected chi connectivity index (χ1v) is 6.60. The maximum Gasteiger partial charge on any atom is 0.410 e. The largest absolute Gasteiger partial charge is 0.444 e. The quantitative estimate of drug-likeness (QED) is 0.799. The Balaban J connectivity index is 1.85. The number of halogens is 1. The van der Waals surface area contributed by atoms with Crippen molar-refractivity contribution in [2.75, 3.05) is 0 Å². The zero-order valence-corrected chi connectivity index (χ0v) is 11.8. The Morgan fingerprint density at radius 3 is 2.80 bits per heavy atom. The summed E-state index contributed by atoms with van der Waals surface area (Å²) in [4.78, 5) is 16.9. The summed E-state index contributed by atoms with van der Waals surface area (Å²) in [5.74, 6) is -0.263. The molecule has 20 heavy (non-hydrogen) atoms. The summed E-state index contributed by atoms with van der Waals surface area (Å²) < 4.78 is 18.6. The van der Waals surface area contributed by atoms with Crippen LogP contribution in [0.5, 0.6) is 0 Å². The van der Waals surface area contributed by atoms with Gasteiger partial charge < -0.3 is 9.72 Å². The summed E-state index contributed by atoms with van der Waals surface area (Å²) >= 11 is 0. The lowest BCUT2D eigenvalue weighted by Crippen LogP contribution is -2.33. The van der Waals surface area contributed by atoms with Gasteiger partial charge in [-0.25, -0.2) is 9.18 Å². The number of aromatic nitrogens is 1. The van der Waals surface area contributed by atoms with Crippen molar-refractivity contribution in [3.63, 3.8) is 0 Å². The highest BCUT2D eigenvalue weighted by atomic mass is 19.1. The molecule has 0 aliphatic carbocycles. The van der Waals surface area contributed by atoms with Gasteiger partial charge in [0, 0.05) is 22.2 Å². The second-order valence-electron chi connectivity index (χ2n) is 6.11. The van der Waals surface area contributed by atoms with Gasteiger partial charge in [0.25, 0.3) is 0 Å². The molecule has 4 nitrogen and oxygen atoms in total. The molecule has 2 heterocycles. The SMILES string of the molecule is CC(C)(C)OC(=O)N1Cc2[nH]c3cc(F)ccc3c2C1. The van der Waals surface area contributed by atoms with Gasteiger partial charge in [0.2, 0.25) is 0 Å². The molecule has 0 saturated heterocycles. The molecule has 2 aromatic rings. The molecule has 1 aliphatic heterocycles. The molecule has 0 spiro atoms. The predicted molar refractivity (Wildman–Crippen MR) is 73.7 cm³/mol. The molecule has 1 aliphatic rings. The molecule has 1 amide bonds. The van der Waals surface area contributed by atoms with Gasteiger partial charge >= 0.3 is 6.09 Å². The van der Waals surface area contributed by atoms with Crippen LogP contribution in [-0.4, -0.2) is 21.6 Å². The maximum atomic E-state index is 13.2. The van der Waals surface area contributed by atoms with Crippen molar-refractivity contribution in [3.05, 3.63) is 35.3 Å². The molecule has 0 radical (unpaired) electrons. The topological polar surface area (TPSA) is 45.3 Å². The Morgan fingerprint density at radius 2 is 2.10 bits per heavy atom. The van der Waals surface area contributed by atoms with Gasteiger partial charge in [-0.3, -0.25) is 4.90 Å². The molecule has 3 rings (SSSR count). The minimum absolute atomic E-state index is 0.263. The number of hydrogen-bond donors (Lipinski definition) is 1. The van der Waals surface area contributed by atoms with Gasteiger partial charge in [-0.15, -0.1) is 0 Å². The fourth-order valence-corrected chi connectivity index (χ4v) is 2.49. The molecular weight excluding hydrogens is 259 g/mol. The van der Waals surface area contributed by atoms with E-state index >= 15 is 0 Å². The van der Waals surface area contributed by atoms with E-state index in [2.05, 4.69) is 4.98 Å². The summed E-state index contributed by atoms with van der Waals surface area (Å²) in [6.45, 7) is 6.51. The van der Waals surface area contributed by atoms with Crippen molar-refractivity contribution in [3.8, 4) is 0 Å². The zero-order valence-electron chi connectivity index (χ0n) is 11.8. The third-order valence-corrected chi connectivity index (χ3v) is 3.31. The van der Waals surface area contributed by atoms with Crippen LogP contribution in [-0.2, 0) is 17.8 Å². The van der Waals surface area contributed by atoms with Crippen molar-refractivity contribution >= 4 is 17.0 Å².